The molecule has 90 valence electrons. The van der Waals surface area contributed by atoms with Crippen molar-refractivity contribution in [2.75, 3.05) is 24.2 Å². The van der Waals surface area contributed by atoms with Gasteiger partial charge in [-0.05, 0) is 36.4 Å². The summed E-state index contributed by atoms with van der Waals surface area (Å²) in [5.41, 5.74) is 7.37. The minimum atomic E-state index is 0. The summed E-state index contributed by atoms with van der Waals surface area (Å²) in [4.78, 5) is 3.95. The Balaban J connectivity index is 0.00000162. The van der Waals surface area contributed by atoms with E-state index in [2.05, 4.69) is 10.3 Å². The van der Waals surface area contributed by atoms with Crippen LogP contribution in [0.2, 0.25) is 0 Å². The number of nitrogens with one attached hydrogen (secondary N) is 1. The summed E-state index contributed by atoms with van der Waals surface area (Å²) >= 11 is 0. The summed E-state index contributed by atoms with van der Waals surface area (Å²) < 4.78 is 5.55. The summed E-state index contributed by atoms with van der Waals surface area (Å²) in [6, 6.07) is 11.2. The number of rotatable bonds is 5. The minimum absolute atomic E-state index is 0. The largest absolute Gasteiger partial charge is 0.492 e. The van der Waals surface area contributed by atoms with E-state index in [0.717, 1.165) is 23.7 Å². The molecule has 4 heteroatoms. The molecule has 0 fully saturated rings. The molecule has 3 N–H and O–H groups in total. The molecular weight excluding hydrogens is 214 g/mol. The van der Waals surface area contributed by atoms with Crippen LogP contribution in [-0.4, -0.2) is 18.1 Å². The SMILES string of the molecule is Nc1ccc(OCCNc2ccncc2)cc1.[HH]. The Morgan fingerprint density at radius 3 is 2.53 bits per heavy atom. The maximum absolute atomic E-state index is 5.58. The van der Waals surface area contributed by atoms with Gasteiger partial charge in [-0.2, -0.15) is 0 Å². The van der Waals surface area contributed by atoms with E-state index in [0.29, 0.717) is 6.61 Å². The maximum Gasteiger partial charge on any atom is 0.119 e. The number of nitrogen functional groups attached to an aromatic ring is 1. The van der Waals surface area contributed by atoms with Gasteiger partial charge in [-0.15, -0.1) is 0 Å². The number of pyridine rings is 1. The van der Waals surface area contributed by atoms with Gasteiger partial charge in [0, 0.05) is 31.7 Å². The summed E-state index contributed by atoms with van der Waals surface area (Å²) in [5.74, 6) is 0.829. The third-order valence-electron chi connectivity index (χ3n) is 2.26. The molecule has 1 heterocycles. The molecule has 0 spiro atoms. The normalized spacial score (nSPS) is 9.88. The molecule has 2 aromatic rings. The number of nitrogens with zero attached hydrogens (tertiary/aromatic N) is 1. The van der Waals surface area contributed by atoms with Gasteiger partial charge in [0.05, 0.1) is 0 Å². The smallest absolute Gasteiger partial charge is 0.119 e. The average molecular weight is 231 g/mol. The third-order valence-corrected chi connectivity index (χ3v) is 2.26. The fourth-order valence-corrected chi connectivity index (χ4v) is 1.40. The van der Waals surface area contributed by atoms with Crippen LogP contribution in [0.5, 0.6) is 5.75 Å². The highest BCUT2D eigenvalue weighted by Crippen LogP contribution is 2.12. The van der Waals surface area contributed by atoms with Gasteiger partial charge in [-0.25, -0.2) is 0 Å². The number of anilines is 2. The van der Waals surface area contributed by atoms with Crippen molar-refractivity contribution in [3.63, 3.8) is 0 Å². The van der Waals surface area contributed by atoms with Gasteiger partial charge >= 0.3 is 0 Å². The van der Waals surface area contributed by atoms with E-state index in [4.69, 9.17) is 10.5 Å². The average Bonchev–Trinajstić information content (AvgIpc) is 2.38. The van der Waals surface area contributed by atoms with Gasteiger partial charge in [0.25, 0.3) is 0 Å². The highest BCUT2D eigenvalue weighted by molar-refractivity contribution is 5.42. The molecule has 0 bridgehead atoms. The van der Waals surface area contributed by atoms with Crippen LogP contribution in [-0.2, 0) is 0 Å². The van der Waals surface area contributed by atoms with Crippen molar-refractivity contribution in [2.45, 2.75) is 0 Å². The monoisotopic (exact) mass is 231 g/mol. The van der Waals surface area contributed by atoms with E-state index in [1.165, 1.54) is 0 Å². The van der Waals surface area contributed by atoms with Gasteiger partial charge in [0.1, 0.15) is 12.4 Å². The van der Waals surface area contributed by atoms with E-state index in [1.807, 2.05) is 36.4 Å². The Hall–Kier alpha value is -2.23. The van der Waals surface area contributed by atoms with Crippen molar-refractivity contribution in [2.24, 2.45) is 0 Å². The van der Waals surface area contributed by atoms with E-state index in [-0.39, 0.29) is 1.43 Å². The van der Waals surface area contributed by atoms with Crippen LogP contribution in [0.1, 0.15) is 1.43 Å². The topological polar surface area (TPSA) is 60.2 Å². The van der Waals surface area contributed by atoms with Gasteiger partial charge in [0.2, 0.25) is 0 Å². The van der Waals surface area contributed by atoms with Crippen molar-refractivity contribution in [3.8, 4) is 5.75 Å². The molecule has 1 aromatic heterocycles. The van der Waals surface area contributed by atoms with Crippen LogP contribution in [0.25, 0.3) is 0 Å². The Bertz CT molecular complexity index is 448. The van der Waals surface area contributed by atoms with Gasteiger partial charge in [-0.1, -0.05) is 0 Å². The molecule has 0 aliphatic carbocycles. The molecule has 0 unspecified atom stereocenters. The van der Waals surface area contributed by atoms with Gasteiger partial charge < -0.3 is 15.8 Å². The number of nitrogens with two attached hydrogens (primary N) is 1. The second kappa shape index (κ2) is 5.75. The minimum Gasteiger partial charge on any atom is -0.492 e. The standard InChI is InChI=1S/C13H15N3O.H2/c14-11-1-3-13(4-2-11)17-10-9-16-12-5-7-15-8-6-12;/h1-8H,9-10,14H2,(H,15,16);1H. The quantitative estimate of drug-likeness (QED) is 0.612. The fraction of sp³-hybridized carbons (Fsp3) is 0.154. The van der Waals surface area contributed by atoms with E-state index >= 15 is 0 Å². The first kappa shape index (κ1) is 11.3. The molecular formula is C13H17N3O. The molecule has 0 saturated heterocycles. The Morgan fingerprint density at radius 2 is 1.82 bits per heavy atom. The lowest BCUT2D eigenvalue weighted by molar-refractivity contribution is 0.333. The van der Waals surface area contributed by atoms with E-state index in [1.54, 1.807) is 12.4 Å². The zero-order valence-corrected chi connectivity index (χ0v) is 9.47. The number of benzene rings is 1. The molecule has 0 aliphatic rings. The van der Waals surface area contributed by atoms with Gasteiger partial charge in [0.15, 0.2) is 0 Å². The zero-order valence-electron chi connectivity index (χ0n) is 9.47. The molecule has 17 heavy (non-hydrogen) atoms. The Labute approximate surface area is 102 Å². The molecule has 0 aliphatic heterocycles. The van der Waals surface area contributed by atoms with E-state index < -0.39 is 0 Å². The molecule has 1 aromatic carbocycles. The Morgan fingerprint density at radius 1 is 1.12 bits per heavy atom. The van der Waals surface area contributed by atoms with Crippen LogP contribution < -0.4 is 15.8 Å². The van der Waals surface area contributed by atoms with Crippen LogP contribution in [0.3, 0.4) is 0 Å². The lowest BCUT2D eigenvalue weighted by Gasteiger charge is -2.08. The third kappa shape index (κ3) is 3.68. The summed E-state index contributed by atoms with van der Waals surface area (Å²) in [5, 5.41) is 3.24. The van der Waals surface area contributed by atoms with Crippen molar-refractivity contribution in [1.29, 1.82) is 0 Å². The fourth-order valence-electron chi connectivity index (χ4n) is 1.40. The number of hydrogen-bond donors (Lipinski definition) is 2. The van der Waals surface area contributed by atoms with E-state index in [9.17, 15) is 0 Å². The van der Waals surface area contributed by atoms with Crippen LogP contribution in [0.4, 0.5) is 11.4 Å². The summed E-state index contributed by atoms with van der Waals surface area (Å²) in [7, 11) is 0. The molecule has 0 atom stereocenters. The predicted molar refractivity (Wildman–Crippen MR) is 71.2 cm³/mol. The second-order valence-corrected chi connectivity index (χ2v) is 3.58. The lowest BCUT2D eigenvalue weighted by atomic mass is 10.3. The van der Waals surface area contributed by atoms with Crippen molar-refractivity contribution in [3.05, 3.63) is 48.8 Å². The first-order valence-electron chi connectivity index (χ1n) is 5.47. The molecule has 0 amide bonds. The van der Waals surface area contributed by atoms with Crippen molar-refractivity contribution >= 4 is 11.4 Å². The first-order valence-corrected chi connectivity index (χ1v) is 5.47. The second-order valence-electron chi connectivity index (χ2n) is 3.58. The molecule has 4 nitrogen and oxygen atoms in total. The molecule has 2 rings (SSSR count). The number of ether oxygens (including phenoxy) is 1. The highest BCUT2D eigenvalue weighted by atomic mass is 16.5. The van der Waals surface area contributed by atoms with Crippen LogP contribution >= 0.6 is 0 Å². The summed E-state index contributed by atoms with van der Waals surface area (Å²) in [6.07, 6.45) is 3.51. The van der Waals surface area contributed by atoms with Crippen molar-refractivity contribution in [1.82, 2.24) is 4.98 Å². The van der Waals surface area contributed by atoms with Crippen molar-refractivity contribution < 1.29 is 6.16 Å². The maximum atomic E-state index is 5.58. The van der Waals surface area contributed by atoms with Crippen LogP contribution in [0.15, 0.2) is 48.8 Å². The zero-order chi connectivity index (χ0) is 11.9. The van der Waals surface area contributed by atoms with Crippen LogP contribution in [0, 0.1) is 0 Å². The summed E-state index contributed by atoms with van der Waals surface area (Å²) in [6.45, 7) is 1.35. The Kier molecular flexibility index (Phi) is 3.81. The number of aromatic nitrogens is 1. The number of hydrogen-bond acceptors (Lipinski definition) is 4. The predicted octanol–water partition coefficient (Wildman–Crippen LogP) is 2.40. The molecule has 0 saturated carbocycles. The first-order chi connectivity index (χ1) is 8.34. The molecule has 0 radical (unpaired) electrons. The van der Waals surface area contributed by atoms with Gasteiger partial charge in [-0.3, -0.25) is 4.98 Å². The highest BCUT2D eigenvalue weighted by Gasteiger charge is 1.93. The lowest BCUT2D eigenvalue weighted by Crippen LogP contribution is -2.11.